The molecule has 2 amide bonds. The predicted octanol–water partition coefficient (Wildman–Crippen LogP) is 3.88. The second kappa shape index (κ2) is 8.99. The summed E-state index contributed by atoms with van der Waals surface area (Å²) in [7, 11) is -3.93. The SMILES string of the molecule is CC(C)(C)OC(=O)C=Cc1ccn(S(=O)(=O)c2ccc(C(=O)N3Cc4ccccc4C3=O)cc2)c1. The molecule has 4 rings (SSSR count). The fourth-order valence-corrected chi connectivity index (χ4v) is 4.81. The molecule has 0 saturated carbocycles. The fourth-order valence-electron chi connectivity index (χ4n) is 3.61. The van der Waals surface area contributed by atoms with Gasteiger partial charge in [-0.3, -0.25) is 14.5 Å². The third kappa shape index (κ3) is 5.09. The largest absolute Gasteiger partial charge is 0.457 e. The van der Waals surface area contributed by atoms with Crippen LogP contribution >= 0.6 is 0 Å². The minimum atomic E-state index is -3.93. The number of nitrogens with zero attached hydrogens (tertiary/aromatic N) is 2. The molecule has 1 aliphatic rings. The van der Waals surface area contributed by atoms with E-state index < -0.39 is 27.5 Å². The standard InChI is InChI=1S/C26H24N2O6S/c1-26(2,3)34-23(29)13-8-18-14-15-27(16-18)35(32,33)21-11-9-19(10-12-21)24(30)28-17-20-6-4-5-7-22(20)25(28)31/h4-16H,17H2,1-3H3. The molecule has 0 N–H and O–H groups in total. The van der Waals surface area contributed by atoms with Crippen LogP contribution in [0.3, 0.4) is 0 Å². The number of aromatic nitrogens is 1. The average molecular weight is 493 g/mol. The summed E-state index contributed by atoms with van der Waals surface area (Å²) in [6, 6.07) is 14.0. The molecule has 0 aliphatic carbocycles. The zero-order valence-corrected chi connectivity index (χ0v) is 20.3. The van der Waals surface area contributed by atoms with Crippen molar-refractivity contribution in [1.29, 1.82) is 0 Å². The average Bonchev–Trinajstić information content (AvgIpc) is 3.42. The number of hydrogen-bond acceptors (Lipinski definition) is 6. The van der Waals surface area contributed by atoms with Gasteiger partial charge in [-0.15, -0.1) is 0 Å². The third-order valence-corrected chi connectivity index (χ3v) is 6.90. The molecule has 0 bridgehead atoms. The van der Waals surface area contributed by atoms with Crippen molar-refractivity contribution in [1.82, 2.24) is 8.87 Å². The molecule has 1 aliphatic heterocycles. The zero-order chi connectivity index (χ0) is 25.4. The van der Waals surface area contributed by atoms with E-state index in [-0.39, 0.29) is 22.9 Å². The van der Waals surface area contributed by atoms with Crippen LogP contribution in [-0.4, -0.2) is 40.7 Å². The molecular formula is C26H24N2O6S. The van der Waals surface area contributed by atoms with Crippen LogP contribution in [0.4, 0.5) is 0 Å². The fraction of sp³-hybridized carbons (Fsp3) is 0.192. The van der Waals surface area contributed by atoms with Gasteiger partial charge in [-0.1, -0.05) is 18.2 Å². The summed E-state index contributed by atoms with van der Waals surface area (Å²) in [5.41, 5.74) is 1.34. The van der Waals surface area contributed by atoms with E-state index in [1.165, 1.54) is 48.8 Å². The van der Waals surface area contributed by atoms with E-state index in [1.54, 1.807) is 51.1 Å². The van der Waals surface area contributed by atoms with Crippen LogP contribution in [0.2, 0.25) is 0 Å². The van der Waals surface area contributed by atoms with E-state index >= 15 is 0 Å². The Morgan fingerprint density at radius 1 is 1.00 bits per heavy atom. The Hall–Kier alpha value is -3.98. The summed E-state index contributed by atoms with van der Waals surface area (Å²) in [5.74, 6) is -1.40. The van der Waals surface area contributed by atoms with E-state index in [2.05, 4.69) is 0 Å². The highest BCUT2D eigenvalue weighted by atomic mass is 32.2. The van der Waals surface area contributed by atoms with Crippen molar-refractivity contribution in [2.24, 2.45) is 0 Å². The molecule has 35 heavy (non-hydrogen) atoms. The second-order valence-electron chi connectivity index (χ2n) is 9.02. The third-order valence-electron chi connectivity index (χ3n) is 5.25. The number of rotatable bonds is 5. The van der Waals surface area contributed by atoms with Crippen LogP contribution in [0.15, 0.2) is 78.0 Å². The molecule has 0 unspecified atom stereocenters. The smallest absolute Gasteiger partial charge is 0.331 e. The van der Waals surface area contributed by atoms with Gasteiger partial charge >= 0.3 is 5.97 Å². The highest BCUT2D eigenvalue weighted by Crippen LogP contribution is 2.25. The molecular weight excluding hydrogens is 468 g/mol. The highest BCUT2D eigenvalue weighted by Gasteiger charge is 2.32. The van der Waals surface area contributed by atoms with Gasteiger partial charge in [0.1, 0.15) is 5.60 Å². The summed E-state index contributed by atoms with van der Waals surface area (Å²) in [4.78, 5) is 38.4. The lowest BCUT2D eigenvalue weighted by atomic mass is 10.1. The van der Waals surface area contributed by atoms with Gasteiger partial charge in [0.25, 0.3) is 21.8 Å². The summed E-state index contributed by atoms with van der Waals surface area (Å²) in [5, 5.41) is 0. The first-order chi connectivity index (χ1) is 16.5. The molecule has 180 valence electrons. The van der Waals surface area contributed by atoms with Gasteiger partial charge < -0.3 is 4.74 Å². The predicted molar refractivity (Wildman–Crippen MR) is 129 cm³/mol. The zero-order valence-electron chi connectivity index (χ0n) is 19.5. The maximum Gasteiger partial charge on any atom is 0.331 e. The monoisotopic (exact) mass is 492 g/mol. The lowest BCUT2D eigenvalue weighted by Gasteiger charge is -2.17. The molecule has 2 aromatic carbocycles. The number of fused-ring (bicyclic) bond motifs is 1. The number of imide groups is 1. The number of benzene rings is 2. The van der Waals surface area contributed by atoms with Crippen molar-refractivity contribution in [2.45, 2.75) is 37.8 Å². The van der Waals surface area contributed by atoms with Gasteiger partial charge in [0.2, 0.25) is 0 Å². The number of hydrogen-bond donors (Lipinski definition) is 0. The van der Waals surface area contributed by atoms with Crippen LogP contribution < -0.4 is 0 Å². The Labute approximate surface area is 203 Å². The lowest BCUT2D eigenvalue weighted by molar-refractivity contribution is -0.148. The Morgan fingerprint density at radius 3 is 2.34 bits per heavy atom. The van der Waals surface area contributed by atoms with Crippen LogP contribution in [0, 0.1) is 0 Å². The van der Waals surface area contributed by atoms with Gasteiger partial charge in [-0.2, -0.15) is 0 Å². The molecule has 8 nitrogen and oxygen atoms in total. The molecule has 0 radical (unpaired) electrons. The number of carbonyl (C=O) groups is 3. The quantitative estimate of drug-likeness (QED) is 0.304. The molecule has 9 heteroatoms. The number of ether oxygens (including phenoxy) is 1. The first-order valence-electron chi connectivity index (χ1n) is 10.8. The summed E-state index contributed by atoms with van der Waals surface area (Å²) >= 11 is 0. The number of carbonyl (C=O) groups excluding carboxylic acids is 3. The van der Waals surface area contributed by atoms with E-state index in [9.17, 15) is 22.8 Å². The molecule has 3 aromatic rings. The minimum absolute atomic E-state index is 0.0247. The van der Waals surface area contributed by atoms with Gasteiger partial charge in [0.15, 0.2) is 0 Å². The topological polar surface area (TPSA) is 103 Å². The number of amides is 2. The normalized spacial score (nSPS) is 13.8. The minimum Gasteiger partial charge on any atom is -0.457 e. The van der Waals surface area contributed by atoms with E-state index in [4.69, 9.17) is 4.74 Å². The van der Waals surface area contributed by atoms with Gasteiger partial charge in [0, 0.05) is 29.6 Å². The van der Waals surface area contributed by atoms with Crippen molar-refractivity contribution in [3.8, 4) is 0 Å². The maximum absolute atomic E-state index is 13.0. The first-order valence-corrected chi connectivity index (χ1v) is 12.3. The molecule has 0 fully saturated rings. The van der Waals surface area contributed by atoms with Crippen LogP contribution in [-0.2, 0) is 26.1 Å². The van der Waals surface area contributed by atoms with Crippen molar-refractivity contribution >= 4 is 33.9 Å². The van der Waals surface area contributed by atoms with Crippen LogP contribution in [0.5, 0.6) is 0 Å². The Bertz CT molecular complexity index is 1440. The van der Waals surface area contributed by atoms with Crippen molar-refractivity contribution < 1.29 is 27.5 Å². The Morgan fingerprint density at radius 2 is 1.69 bits per heavy atom. The van der Waals surface area contributed by atoms with Gasteiger partial charge in [-0.05, 0) is 74.4 Å². The molecule has 0 atom stereocenters. The summed E-state index contributed by atoms with van der Waals surface area (Å²) in [6.07, 6.45) is 5.43. The summed E-state index contributed by atoms with van der Waals surface area (Å²) in [6.45, 7) is 5.44. The van der Waals surface area contributed by atoms with Crippen molar-refractivity contribution in [3.05, 3.63) is 95.3 Å². The molecule has 0 spiro atoms. The van der Waals surface area contributed by atoms with Crippen molar-refractivity contribution in [3.63, 3.8) is 0 Å². The van der Waals surface area contributed by atoms with E-state index in [0.717, 1.165) is 14.4 Å². The van der Waals surface area contributed by atoms with Crippen LogP contribution in [0.1, 0.15) is 52.6 Å². The van der Waals surface area contributed by atoms with Gasteiger partial charge in [-0.25, -0.2) is 17.2 Å². The Balaban J connectivity index is 1.48. The van der Waals surface area contributed by atoms with Gasteiger partial charge in [0.05, 0.1) is 11.4 Å². The Kier molecular flexibility index (Phi) is 6.21. The molecule has 1 aromatic heterocycles. The number of esters is 1. The maximum atomic E-state index is 13.0. The first kappa shape index (κ1) is 24.2. The lowest BCUT2D eigenvalue weighted by Crippen LogP contribution is -2.31. The molecule has 0 saturated heterocycles. The second-order valence-corrected chi connectivity index (χ2v) is 10.9. The van der Waals surface area contributed by atoms with E-state index in [1.807, 2.05) is 0 Å². The molecule has 2 heterocycles. The van der Waals surface area contributed by atoms with E-state index in [0.29, 0.717) is 11.1 Å². The highest BCUT2D eigenvalue weighted by molar-refractivity contribution is 7.90. The summed E-state index contributed by atoms with van der Waals surface area (Å²) < 4.78 is 32.2. The van der Waals surface area contributed by atoms with Crippen molar-refractivity contribution in [2.75, 3.05) is 0 Å². The van der Waals surface area contributed by atoms with Crippen LogP contribution in [0.25, 0.3) is 6.08 Å².